The molecule has 39 heavy (non-hydrogen) atoms. The first-order chi connectivity index (χ1) is 18.5. The van der Waals surface area contributed by atoms with Gasteiger partial charge in [0.1, 0.15) is 5.02 Å². The van der Waals surface area contributed by atoms with Gasteiger partial charge in [-0.2, -0.15) is 23.4 Å². The standard InChI is InChI=1S/C27H21Cl2F3N6O/c1-15(2)17-5-7-18(8-6-17)21-11-23(27(30,31)32)38-24(33-21)12-22(35-38)26(39)34-25-20(29)14-37(36-25)13-16-3-9-19(28)10-4-16/h3-12,14-15H,13H2,1-2H3,(H,34,36,39). The molecule has 0 aliphatic rings. The molecule has 0 saturated carbocycles. The molecule has 2 aromatic carbocycles. The van der Waals surface area contributed by atoms with Gasteiger partial charge in [0, 0.05) is 22.8 Å². The van der Waals surface area contributed by atoms with Gasteiger partial charge < -0.3 is 5.32 Å². The summed E-state index contributed by atoms with van der Waals surface area (Å²) < 4.78 is 44.0. The van der Waals surface area contributed by atoms with Crippen molar-refractivity contribution in [3.05, 3.63) is 99.4 Å². The van der Waals surface area contributed by atoms with Crippen molar-refractivity contribution in [2.24, 2.45) is 0 Å². The Kier molecular flexibility index (Phi) is 7.09. The Labute approximate surface area is 231 Å². The molecule has 0 spiro atoms. The van der Waals surface area contributed by atoms with Crippen LogP contribution in [0.4, 0.5) is 19.0 Å². The van der Waals surface area contributed by atoms with Crippen molar-refractivity contribution in [3.8, 4) is 11.3 Å². The summed E-state index contributed by atoms with van der Waals surface area (Å²) in [7, 11) is 0. The fourth-order valence-electron chi connectivity index (χ4n) is 3.99. The van der Waals surface area contributed by atoms with E-state index in [0.29, 0.717) is 21.6 Å². The van der Waals surface area contributed by atoms with Gasteiger partial charge in [0.05, 0.1) is 12.2 Å². The molecule has 200 valence electrons. The van der Waals surface area contributed by atoms with Gasteiger partial charge in [-0.15, -0.1) is 0 Å². The number of amides is 1. The van der Waals surface area contributed by atoms with Crippen LogP contribution < -0.4 is 5.32 Å². The second-order valence-corrected chi connectivity index (χ2v) is 10.0. The first-order valence-electron chi connectivity index (χ1n) is 11.8. The zero-order valence-electron chi connectivity index (χ0n) is 20.7. The van der Waals surface area contributed by atoms with Crippen molar-refractivity contribution in [2.45, 2.75) is 32.5 Å². The Hall–Kier alpha value is -3.89. The molecule has 0 atom stereocenters. The van der Waals surface area contributed by atoms with Gasteiger partial charge in [-0.05, 0) is 35.2 Å². The summed E-state index contributed by atoms with van der Waals surface area (Å²) in [6.45, 7) is 4.41. The van der Waals surface area contributed by atoms with Crippen molar-refractivity contribution >= 4 is 40.6 Å². The second-order valence-electron chi connectivity index (χ2n) is 9.20. The summed E-state index contributed by atoms with van der Waals surface area (Å²) >= 11 is 12.2. The van der Waals surface area contributed by atoms with E-state index in [1.807, 2.05) is 38.1 Å². The van der Waals surface area contributed by atoms with Gasteiger partial charge >= 0.3 is 6.18 Å². The van der Waals surface area contributed by atoms with E-state index in [-0.39, 0.29) is 33.8 Å². The zero-order chi connectivity index (χ0) is 27.9. The minimum atomic E-state index is -4.74. The number of nitrogens with zero attached hydrogens (tertiary/aromatic N) is 5. The van der Waals surface area contributed by atoms with Crippen LogP contribution in [0.2, 0.25) is 10.0 Å². The topological polar surface area (TPSA) is 77.1 Å². The maximum Gasteiger partial charge on any atom is 0.433 e. The number of rotatable bonds is 6. The molecule has 0 radical (unpaired) electrons. The molecule has 7 nitrogen and oxygen atoms in total. The molecule has 3 aromatic heterocycles. The Bertz CT molecular complexity index is 1660. The lowest BCUT2D eigenvalue weighted by Gasteiger charge is -2.11. The van der Waals surface area contributed by atoms with Crippen molar-refractivity contribution in [2.75, 3.05) is 5.32 Å². The van der Waals surface area contributed by atoms with Crippen molar-refractivity contribution in [1.29, 1.82) is 0 Å². The summed E-state index contributed by atoms with van der Waals surface area (Å²) in [4.78, 5) is 17.3. The SMILES string of the molecule is CC(C)c1ccc(-c2cc(C(F)(F)F)n3nc(C(=O)Nc4nn(Cc5ccc(Cl)cc5)cc4Cl)cc3n2)cc1. The van der Waals surface area contributed by atoms with Gasteiger partial charge in [-0.3, -0.25) is 9.48 Å². The molecule has 3 heterocycles. The van der Waals surface area contributed by atoms with Crippen LogP contribution in [0.1, 0.15) is 47.1 Å². The molecule has 1 N–H and O–H groups in total. The van der Waals surface area contributed by atoms with Gasteiger partial charge in [-0.25, -0.2) is 9.50 Å². The molecule has 0 unspecified atom stereocenters. The Balaban J connectivity index is 1.44. The fraction of sp³-hybridized carbons (Fsp3) is 0.185. The average Bonchev–Trinajstić information content (AvgIpc) is 3.47. The molecule has 0 bridgehead atoms. The van der Waals surface area contributed by atoms with E-state index in [4.69, 9.17) is 23.2 Å². The second kappa shape index (κ2) is 10.3. The number of benzene rings is 2. The van der Waals surface area contributed by atoms with Crippen LogP contribution in [0.3, 0.4) is 0 Å². The molecule has 0 fully saturated rings. The van der Waals surface area contributed by atoms with Crippen LogP contribution in [0.5, 0.6) is 0 Å². The third-order valence-electron chi connectivity index (χ3n) is 6.03. The summed E-state index contributed by atoms with van der Waals surface area (Å²) in [6.07, 6.45) is -3.22. The lowest BCUT2D eigenvalue weighted by molar-refractivity contribution is -0.142. The fourth-order valence-corrected chi connectivity index (χ4v) is 4.31. The van der Waals surface area contributed by atoms with Crippen LogP contribution >= 0.6 is 23.2 Å². The van der Waals surface area contributed by atoms with Crippen LogP contribution in [0, 0.1) is 0 Å². The first-order valence-corrected chi connectivity index (χ1v) is 12.6. The lowest BCUT2D eigenvalue weighted by Crippen LogP contribution is -2.16. The maximum atomic E-state index is 14.0. The van der Waals surface area contributed by atoms with E-state index < -0.39 is 17.8 Å². The monoisotopic (exact) mass is 572 g/mol. The number of halogens is 5. The van der Waals surface area contributed by atoms with Crippen LogP contribution in [0.15, 0.2) is 66.9 Å². The van der Waals surface area contributed by atoms with Gasteiger partial charge in [-0.1, -0.05) is 73.4 Å². The zero-order valence-corrected chi connectivity index (χ0v) is 22.2. The first kappa shape index (κ1) is 26.7. The minimum Gasteiger partial charge on any atom is -0.302 e. The van der Waals surface area contributed by atoms with Gasteiger partial charge in [0.2, 0.25) is 0 Å². The van der Waals surface area contributed by atoms with E-state index in [1.54, 1.807) is 24.3 Å². The van der Waals surface area contributed by atoms with Crippen molar-refractivity contribution < 1.29 is 18.0 Å². The summed E-state index contributed by atoms with van der Waals surface area (Å²) in [5.41, 5.74) is 1.12. The Morgan fingerprint density at radius 1 is 1.00 bits per heavy atom. The number of carbonyl (C=O) groups is 1. The number of hydrogen-bond acceptors (Lipinski definition) is 4. The van der Waals surface area contributed by atoms with E-state index in [0.717, 1.165) is 17.2 Å². The van der Waals surface area contributed by atoms with Crippen molar-refractivity contribution in [3.63, 3.8) is 0 Å². The van der Waals surface area contributed by atoms with Crippen LogP contribution in [-0.4, -0.2) is 30.3 Å². The molecular formula is C27H21Cl2F3N6O. The molecule has 5 aromatic rings. The predicted molar refractivity (Wildman–Crippen MR) is 143 cm³/mol. The Morgan fingerprint density at radius 3 is 2.33 bits per heavy atom. The highest BCUT2D eigenvalue weighted by molar-refractivity contribution is 6.33. The molecular weight excluding hydrogens is 552 g/mol. The molecule has 0 aliphatic carbocycles. The maximum absolute atomic E-state index is 14.0. The normalized spacial score (nSPS) is 11.9. The summed E-state index contributed by atoms with van der Waals surface area (Å²) in [5.74, 6) is -0.466. The van der Waals surface area contributed by atoms with Crippen molar-refractivity contribution in [1.82, 2.24) is 24.4 Å². The number of aromatic nitrogens is 5. The smallest absolute Gasteiger partial charge is 0.302 e. The van der Waals surface area contributed by atoms with E-state index in [2.05, 4.69) is 20.5 Å². The predicted octanol–water partition coefficient (Wildman–Crippen LogP) is 7.34. The number of fused-ring (bicyclic) bond motifs is 1. The average molecular weight is 573 g/mol. The third-order valence-corrected chi connectivity index (χ3v) is 6.56. The number of carbonyl (C=O) groups excluding carboxylic acids is 1. The van der Waals surface area contributed by atoms with Crippen LogP contribution in [-0.2, 0) is 12.7 Å². The largest absolute Gasteiger partial charge is 0.433 e. The number of nitrogens with one attached hydrogen (secondary N) is 1. The Morgan fingerprint density at radius 2 is 1.69 bits per heavy atom. The van der Waals surface area contributed by atoms with Gasteiger partial charge in [0.15, 0.2) is 22.9 Å². The highest BCUT2D eigenvalue weighted by atomic mass is 35.5. The summed E-state index contributed by atoms with van der Waals surface area (Å²) in [5, 5.41) is 11.4. The minimum absolute atomic E-state index is 0.0441. The van der Waals surface area contributed by atoms with E-state index in [9.17, 15) is 18.0 Å². The highest BCUT2D eigenvalue weighted by Crippen LogP contribution is 2.33. The molecule has 1 amide bonds. The third kappa shape index (κ3) is 5.76. The highest BCUT2D eigenvalue weighted by Gasteiger charge is 2.35. The summed E-state index contributed by atoms with van der Waals surface area (Å²) in [6, 6.07) is 16.4. The van der Waals surface area contributed by atoms with E-state index >= 15 is 0 Å². The number of alkyl halides is 3. The van der Waals surface area contributed by atoms with Gasteiger partial charge in [0.25, 0.3) is 5.91 Å². The quantitative estimate of drug-likeness (QED) is 0.231. The molecule has 12 heteroatoms. The lowest BCUT2D eigenvalue weighted by atomic mass is 10.0. The number of anilines is 1. The molecule has 5 rings (SSSR count). The van der Waals surface area contributed by atoms with Crippen LogP contribution in [0.25, 0.3) is 16.9 Å². The molecule has 0 aliphatic heterocycles. The molecule has 0 saturated heterocycles. The number of hydrogen-bond donors (Lipinski definition) is 1. The van der Waals surface area contributed by atoms with E-state index in [1.165, 1.54) is 16.9 Å².